The summed E-state index contributed by atoms with van der Waals surface area (Å²) in [4.78, 5) is 25.1. The van der Waals surface area contributed by atoms with Crippen LogP contribution in [0, 0.1) is 0 Å². The van der Waals surface area contributed by atoms with Crippen LogP contribution < -0.4 is 16.2 Å². The highest BCUT2D eigenvalue weighted by Gasteiger charge is 2.34. The van der Waals surface area contributed by atoms with E-state index in [2.05, 4.69) is 33.3 Å². The van der Waals surface area contributed by atoms with E-state index in [1.165, 1.54) is 5.12 Å². The fraction of sp³-hybridized carbons (Fsp3) is 0.312. The van der Waals surface area contributed by atoms with Gasteiger partial charge in [0.05, 0.1) is 16.8 Å². The maximum Gasteiger partial charge on any atom is 0.351 e. The first-order valence-electron chi connectivity index (χ1n) is 7.83. The molecule has 0 fully saturated rings. The third-order valence-electron chi connectivity index (χ3n) is 4.01. The Labute approximate surface area is 139 Å². The predicted octanol–water partition coefficient (Wildman–Crippen LogP) is 1.68. The van der Waals surface area contributed by atoms with Crippen molar-refractivity contribution < 1.29 is 9.59 Å². The first-order valence-corrected chi connectivity index (χ1v) is 7.83. The second-order valence-electron chi connectivity index (χ2n) is 5.45. The van der Waals surface area contributed by atoms with E-state index in [0.717, 1.165) is 24.1 Å². The van der Waals surface area contributed by atoms with Gasteiger partial charge < -0.3 is 5.32 Å². The van der Waals surface area contributed by atoms with Crippen molar-refractivity contribution in [1.82, 2.24) is 26.2 Å². The van der Waals surface area contributed by atoms with E-state index in [-0.39, 0.29) is 5.78 Å². The standard InChI is InChI=1S/C16H20N6O2/c1-4-6-11-13-14(21-20-11)9-7-5-8-10(12(9)15(13)23)19-16(24)22(17-2)18-3/h5,7-8,17-18H,4,6H2,1-3H3,(H,19,24)(H,20,21). The number of carbonyl (C=O) groups is 2. The minimum absolute atomic E-state index is 0.103. The van der Waals surface area contributed by atoms with Crippen molar-refractivity contribution in [2.75, 3.05) is 19.4 Å². The Balaban J connectivity index is 1.98. The molecule has 1 aromatic heterocycles. The average Bonchev–Trinajstić information content (AvgIpc) is 3.10. The van der Waals surface area contributed by atoms with Gasteiger partial charge >= 0.3 is 6.03 Å². The molecule has 0 aliphatic heterocycles. The van der Waals surface area contributed by atoms with Crippen molar-refractivity contribution in [2.45, 2.75) is 19.8 Å². The smallest absolute Gasteiger partial charge is 0.305 e. The topological polar surface area (TPSA) is 102 Å². The Bertz CT molecular complexity index is 794. The summed E-state index contributed by atoms with van der Waals surface area (Å²) in [7, 11) is 3.23. The number of hydrogen-bond donors (Lipinski definition) is 4. The summed E-state index contributed by atoms with van der Waals surface area (Å²) in [5, 5.41) is 11.2. The summed E-state index contributed by atoms with van der Waals surface area (Å²) in [6.07, 6.45) is 1.68. The molecule has 0 unspecified atom stereocenters. The molecule has 0 radical (unpaired) electrons. The summed E-state index contributed by atoms with van der Waals surface area (Å²) in [5.41, 5.74) is 9.22. The number of benzene rings is 1. The molecule has 0 saturated heterocycles. The van der Waals surface area contributed by atoms with Gasteiger partial charge in [0.25, 0.3) is 0 Å². The van der Waals surface area contributed by atoms with Crippen molar-refractivity contribution in [1.29, 1.82) is 0 Å². The Morgan fingerprint density at radius 2 is 2.00 bits per heavy atom. The van der Waals surface area contributed by atoms with Gasteiger partial charge in [-0.1, -0.05) is 25.5 Å². The molecule has 1 heterocycles. The summed E-state index contributed by atoms with van der Waals surface area (Å²) in [5.74, 6) is -0.103. The van der Waals surface area contributed by atoms with Gasteiger partial charge in [-0.15, -0.1) is 0 Å². The molecule has 2 aromatic rings. The lowest BCUT2D eigenvalue weighted by molar-refractivity contribution is 0.104. The van der Waals surface area contributed by atoms with Crippen molar-refractivity contribution >= 4 is 17.5 Å². The lowest BCUT2D eigenvalue weighted by Crippen LogP contribution is -2.50. The van der Waals surface area contributed by atoms with E-state index < -0.39 is 6.03 Å². The molecule has 0 atom stereocenters. The van der Waals surface area contributed by atoms with Gasteiger partial charge in [0, 0.05) is 25.4 Å². The molecule has 0 bridgehead atoms. The van der Waals surface area contributed by atoms with E-state index in [1.54, 1.807) is 26.2 Å². The number of ketones is 1. The third-order valence-corrected chi connectivity index (χ3v) is 4.01. The van der Waals surface area contributed by atoms with Gasteiger partial charge in [0.1, 0.15) is 5.69 Å². The summed E-state index contributed by atoms with van der Waals surface area (Å²) >= 11 is 0. The maximum atomic E-state index is 12.9. The van der Waals surface area contributed by atoms with E-state index in [0.29, 0.717) is 22.5 Å². The zero-order valence-corrected chi connectivity index (χ0v) is 13.9. The molecule has 1 aliphatic carbocycles. The number of anilines is 1. The lowest BCUT2D eigenvalue weighted by Gasteiger charge is -2.20. The highest BCUT2D eigenvalue weighted by molar-refractivity contribution is 6.25. The van der Waals surface area contributed by atoms with Crippen LogP contribution in [-0.2, 0) is 6.42 Å². The van der Waals surface area contributed by atoms with Gasteiger partial charge in [-0.2, -0.15) is 10.2 Å². The van der Waals surface area contributed by atoms with Gasteiger partial charge in [-0.3, -0.25) is 9.89 Å². The van der Waals surface area contributed by atoms with Gasteiger partial charge in [0.15, 0.2) is 5.78 Å². The maximum absolute atomic E-state index is 12.9. The lowest BCUT2D eigenvalue weighted by atomic mass is 10.1. The zero-order valence-electron chi connectivity index (χ0n) is 13.9. The van der Waals surface area contributed by atoms with Crippen LogP contribution in [0.2, 0.25) is 0 Å². The number of rotatable bonds is 5. The van der Waals surface area contributed by atoms with Crippen LogP contribution >= 0.6 is 0 Å². The summed E-state index contributed by atoms with van der Waals surface area (Å²) in [6.45, 7) is 2.05. The van der Waals surface area contributed by atoms with Crippen LogP contribution in [0.3, 0.4) is 0 Å². The number of carbonyl (C=O) groups excluding carboxylic acids is 2. The van der Waals surface area contributed by atoms with Crippen LogP contribution in [0.5, 0.6) is 0 Å². The molecule has 1 aromatic carbocycles. The SMILES string of the molecule is CCCc1[nH]nc2c1C(=O)c1c(NC(=O)N(NC)NC)cccc1-2. The Morgan fingerprint density at radius 1 is 1.25 bits per heavy atom. The Kier molecular flexibility index (Phi) is 4.32. The van der Waals surface area contributed by atoms with E-state index in [4.69, 9.17) is 0 Å². The number of aromatic nitrogens is 2. The first kappa shape index (κ1) is 16.2. The van der Waals surface area contributed by atoms with Crippen molar-refractivity contribution in [3.05, 3.63) is 35.0 Å². The molecule has 2 amide bonds. The Hall–Kier alpha value is -2.71. The highest BCUT2D eigenvalue weighted by atomic mass is 16.2. The minimum atomic E-state index is -0.416. The molecule has 3 rings (SSSR count). The minimum Gasteiger partial charge on any atom is -0.305 e. The highest BCUT2D eigenvalue weighted by Crippen LogP contribution is 2.40. The number of amides is 2. The number of fused-ring (bicyclic) bond motifs is 3. The second kappa shape index (κ2) is 6.42. The normalized spacial score (nSPS) is 12.0. The molecule has 8 heteroatoms. The number of nitrogens with zero attached hydrogens (tertiary/aromatic N) is 2. The first-order chi connectivity index (χ1) is 11.6. The van der Waals surface area contributed by atoms with Crippen molar-refractivity contribution in [2.24, 2.45) is 0 Å². The fourth-order valence-corrected chi connectivity index (χ4v) is 2.96. The predicted molar refractivity (Wildman–Crippen MR) is 90.4 cm³/mol. The van der Waals surface area contributed by atoms with Crippen molar-refractivity contribution in [3.63, 3.8) is 0 Å². The van der Waals surface area contributed by atoms with E-state index in [1.807, 2.05) is 6.07 Å². The van der Waals surface area contributed by atoms with Gasteiger partial charge in [-0.25, -0.2) is 15.6 Å². The van der Waals surface area contributed by atoms with Crippen LogP contribution in [0.15, 0.2) is 18.2 Å². The molecular weight excluding hydrogens is 308 g/mol. The van der Waals surface area contributed by atoms with Crippen LogP contribution in [0.4, 0.5) is 10.5 Å². The molecule has 0 spiro atoms. The second-order valence-corrected chi connectivity index (χ2v) is 5.45. The molecule has 126 valence electrons. The summed E-state index contributed by atoms with van der Waals surface area (Å²) in [6, 6.07) is 4.95. The molecule has 1 aliphatic rings. The van der Waals surface area contributed by atoms with Gasteiger partial charge in [0.2, 0.25) is 0 Å². The number of hydrazine groups is 2. The van der Waals surface area contributed by atoms with Crippen LogP contribution in [-0.4, -0.2) is 41.2 Å². The van der Waals surface area contributed by atoms with Crippen LogP contribution in [0.1, 0.15) is 35.0 Å². The number of nitrogens with one attached hydrogen (secondary N) is 4. The number of hydrogen-bond acceptors (Lipinski definition) is 5. The number of H-pyrrole nitrogens is 1. The monoisotopic (exact) mass is 328 g/mol. The van der Waals surface area contributed by atoms with E-state index in [9.17, 15) is 9.59 Å². The quantitative estimate of drug-likeness (QED) is 0.534. The summed E-state index contributed by atoms with van der Waals surface area (Å²) < 4.78 is 0. The largest absolute Gasteiger partial charge is 0.351 e. The molecule has 8 nitrogen and oxygen atoms in total. The average molecular weight is 328 g/mol. The number of aromatic amines is 1. The van der Waals surface area contributed by atoms with Crippen LogP contribution in [0.25, 0.3) is 11.3 Å². The number of urea groups is 1. The van der Waals surface area contributed by atoms with Crippen molar-refractivity contribution in [3.8, 4) is 11.3 Å². The molecule has 0 saturated carbocycles. The molecule has 4 N–H and O–H groups in total. The van der Waals surface area contributed by atoms with Gasteiger partial charge in [-0.05, 0) is 12.5 Å². The number of aryl methyl sites for hydroxylation is 1. The third kappa shape index (κ3) is 2.45. The molecular formula is C16H20N6O2. The Morgan fingerprint density at radius 3 is 2.67 bits per heavy atom. The zero-order chi connectivity index (χ0) is 17.3. The molecule has 24 heavy (non-hydrogen) atoms. The van der Waals surface area contributed by atoms with E-state index >= 15 is 0 Å². The fourth-order valence-electron chi connectivity index (χ4n) is 2.96.